The summed E-state index contributed by atoms with van der Waals surface area (Å²) in [6.07, 6.45) is 5.98. The molecule has 0 saturated heterocycles. The Balaban J connectivity index is 1.17. The van der Waals surface area contributed by atoms with Crippen molar-refractivity contribution in [2.24, 2.45) is 0 Å². The first kappa shape index (κ1) is 29.3. The quantitative estimate of drug-likeness (QED) is 0.180. The molecule has 0 saturated carbocycles. The van der Waals surface area contributed by atoms with Crippen molar-refractivity contribution in [3.05, 3.63) is 193 Å². The molecule has 0 spiro atoms. The molecular weight excluding hydrogens is 593 g/mol. The average Bonchev–Trinajstić information content (AvgIpc) is 3.38. The lowest BCUT2D eigenvalue weighted by molar-refractivity contribution is 0.645. The van der Waals surface area contributed by atoms with Gasteiger partial charge >= 0.3 is 0 Å². The van der Waals surface area contributed by atoms with Crippen LogP contribution in [-0.2, 0) is 5.41 Å². The van der Waals surface area contributed by atoms with E-state index in [0.717, 1.165) is 12.1 Å². The minimum absolute atomic E-state index is 0.169. The van der Waals surface area contributed by atoms with E-state index in [1.165, 1.54) is 66.6 Å². The highest BCUT2D eigenvalue weighted by Gasteiger charge is 2.41. The zero-order chi connectivity index (χ0) is 33.0. The molecule has 9 rings (SSSR count). The van der Waals surface area contributed by atoms with Gasteiger partial charge in [-0.15, -0.1) is 0 Å². The third-order valence-electron chi connectivity index (χ3n) is 10.5. The van der Waals surface area contributed by atoms with Crippen molar-refractivity contribution >= 4 is 55.6 Å². The molecule has 49 heavy (non-hydrogen) atoms. The first-order valence-electron chi connectivity index (χ1n) is 17.3. The number of fused-ring (bicyclic) bond motifs is 5. The highest BCUT2D eigenvalue weighted by molar-refractivity contribution is 6.00. The molecule has 0 aromatic heterocycles. The summed E-state index contributed by atoms with van der Waals surface area (Å²) >= 11 is 0. The standard InChI is InChI=1S/C47H38N2/c1-47(2)43-31-37(48(35-19-5-3-6-20-35)45-25-13-17-33-15-9-11-23-39(33)45)27-29-41(43)42-30-28-38(32-44(42)47)49(36-21-7-4-8-22-36)46-26-14-18-34-16-10-12-24-40(34)46/h3-27,29-32,38H,28H2,1-2H3. The third kappa shape index (κ3) is 4.86. The number of allylic oxidation sites excluding steroid dienone is 2. The van der Waals surface area contributed by atoms with Gasteiger partial charge < -0.3 is 9.80 Å². The minimum Gasteiger partial charge on any atom is -0.334 e. The van der Waals surface area contributed by atoms with E-state index in [1.807, 2.05) is 0 Å². The van der Waals surface area contributed by atoms with Crippen LogP contribution in [0.15, 0.2) is 182 Å². The van der Waals surface area contributed by atoms with E-state index >= 15 is 0 Å². The first-order valence-corrected chi connectivity index (χ1v) is 17.3. The Morgan fingerprint density at radius 1 is 0.531 bits per heavy atom. The molecule has 0 amide bonds. The Bertz CT molecular complexity index is 2390. The summed E-state index contributed by atoms with van der Waals surface area (Å²) in [5.41, 5.74) is 11.3. The molecule has 0 heterocycles. The fraction of sp³-hybridized carbons (Fsp3) is 0.106. The maximum Gasteiger partial charge on any atom is 0.0563 e. The summed E-state index contributed by atoms with van der Waals surface area (Å²) in [7, 11) is 0. The van der Waals surface area contributed by atoms with Crippen LogP contribution in [0.4, 0.5) is 28.4 Å². The van der Waals surface area contributed by atoms with Crippen molar-refractivity contribution in [1.82, 2.24) is 0 Å². The van der Waals surface area contributed by atoms with Gasteiger partial charge in [-0.2, -0.15) is 0 Å². The highest BCUT2D eigenvalue weighted by Crippen LogP contribution is 2.54. The Kier molecular flexibility index (Phi) is 6.98. The molecule has 2 nitrogen and oxygen atoms in total. The first-order chi connectivity index (χ1) is 24.1. The monoisotopic (exact) mass is 630 g/mol. The van der Waals surface area contributed by atoms with E-state index < -0.39 is 0 Å². The van der Waals surface area contributed by atoms with Crippen molar-refractivity contribution in [1.29, 1.82) is 0 Å². The molecule has 1 atom stereocenters. The van der Waals surface area contributed by atoms with Gasteiger partial charge in [0.25, 0.3) is 0 Å². The molecule has 2 aliphatic rings. The smallest absolute Gasteiger partial charge is 0.0563 e. The van der Waals surface area contributed by atoms with Crippen molar-refractivity contribution in [3.8, 4) is 0 Å². The second-order valence-electron chi connectivity index (χ2n) is 13.7. The topological polar surface area (TPSA) is 6.48 Å². The Hall–Kier alpha value is -5.86. The molecule has 2 heteroatoms. The molecule has 0 N–H and O–H groups in total. The number of anilines is 5. The van der Waals surface area contributed by atoms with Crippen LogP contribution in [0.2, 0.25) is 0 Å². The second-order valence-corrected chi connectivity index (χ2v) is 13.7. The molecule has 0 radical (unpaired) electrons. The molecular formula is C47H38N2. The molecule has 0 bridgehead atoms. The predicted octanol–water partition coefficient (Wildman–Crippen LogP) is 12.7. The summed E-state index contributed by atoms with van der Waals surface area (Å²) in [5, 5.41) is 5.01. The van der Waals surface area contributed by atoms with Crippen LogP contribution in [0.3, 0.4) is 0 Å². The predicted molar refractivity (Wildman–Crippen MR) is 209 cm³/mol. The van der Waals surface area contributed by atoms with Crippen LogP contribution in [0.5, 0.6) is 0 Å². The van der Waals surface area contributed by atoms with Gasteiger partial charge in [0.2, 0.25) is 0 Å². The van der Waals surface area contributed by atoms with Gasteiger partial charge in [0.15, 0.2) is 0 Å². The lowest BCUT2D eigenvalue weighted by atomic mass is 9.79. The van der Waals surface area contributed by atoms with E-state index in [1.54, 1.807) is 0 Å². The summed E-state index contributed by atoms with van der Waals surface area (Å²) < 4.78 is 0. The molecule has 2 aliphatic carbocycles. The van der Waals surface area contributed by atoms with Crippen molar-refractivity contribution < 1.29 is 0 Å². The average molecular weight is 631 g/mol. The van der Waals surface area contributed by atoms with Gasteiger partial charge in [-0.3, -0.25) is 0 Å². The summed E-state index contributed by atoms with van der Waals surface area (Å²) in [5.74, 6) is 0. The molecule has 236 valence electrons. The van der Waals surface area contributed by atoms with Gasteiger partial charge in [0.1, 0.15) is 0 Å². The van der Waals surface area contributed by atoms with Crippen LogP contribution in [-0.4, -0.2) is 6.04 Å². The maximum absolute atomic E-state index is 2.56. The van der Waals surface area contributed by atoms with Crippen LogP contribution < -0.4 is 9.80 Å². The number of nitrogens with zero attached hydrogens (tertiary/aromatic N) is 2. The van der Waals surface area contributed by atoms with Crippen LogP contribution >= 0.6 is 0 Å². The van der Waals surface area contributed by atoms with E-state index in [-0.39, 0.29) is 11.5 Å². The van der Waals surface area contributed by atoms with Gasteiger partial charge in [-0.1, -0.05) is 141 Å². The maximum atomic E-state index is 2.56. The van der Waals surface area contributed by atoms with Crippen molar-refractivity contribution in [3.63, 3.8) is 0 Å². The van der Waals surface area contributed by atoms with Gasteiger partial charge in [0, 0.05) is 38.9 Å². The van der Waals surface area contributed by atoms with Crippen molar-refractivity contribution in [2.45, 2.75) is 31.7 Å². The molecule has 7 aromatic carbocycles. The van der Waals surface area contributed by atoms with Crippen LogP contribution in [0.25, 0.3) is 27.1 Å². The summed E-state index contributed by atoms with van der Waals surface area (Å²) in [6, 6.07) is 59.7. The number of hydrogen-bond donors (Lipinski definition) is 0. The second kappa shape index (κ2) is 11.7. The largest absolute Gasteiger partial charge is 0.334 e. The Morgan fingerprint density at radius 2 is 1.10 bits per heavy atom. The molecule has 7 aromatic rings. The van der Waals surface area contributed by atoms with E-state index in [4.69, 9.17) is 0 Å². The summed E-state index contributed by atoms with van der Waals surface area (Å²) in [4.78, 5) is 4.97. The number of para-hydroxylation sites is 2. The SMILES string of the molecule is CC1(C)C2=CC(N(c3ccccc3)c3cccc4ccccc34)CC=C2c2ccc(N(c3ccccc3)c3cccc4ccccc34)cc21. The normalized spacial score (nSPS) is 16.1. The van der Waals surface area contributed by atoms with Crippen LogP contribution in [0.1, 0.15) is 31.4 Å². The fourth-order valence-corrected chi connectivity index (χ4v) is 8.17. The number of rotatable bonds is 6. The molecule has 0 aliphatic heterocycles. The Morgan fingerprint density at radius 3 is 1.80 bits per heavy atom. The van der Waals surface area contributed by atoms with E-state index in [0.29, 0.717) is 0 Å². The fourth-order valence-electron chi connectivity index (χ4n) is 8.17. The van der Waals surface area contributed by atoms with E-state index in [9.17, 15) is 0 Å². The van der Waals surface area contributed by atoms with Crippen molar-refractivity contribution in [2.75, 3.05) is 9.80 Å². The van der Waals surface area contributed by atoms with E-state index in [2.05, 4.69) is 200 Å². The van der Waals surface area contributed by atoms with Crippen LogP contribution in [0, 0.1) is 0 Å². The zero-order valence-corrected chi connectivity index (χ0v) is 27.9. The molecule has 0 fully saturated rings. The zero-order valence-electron chi connectivity index (χ0n) is 27.9. The van der Waals surface area contributed by atoms with Gasteiger partial charge in [-0.05, 0) is 88.0 Å². The number of hydrogen-bond acceptors (Lipinski definition) is 2. The number of benzene rings is 7. The highest BCUT2D eigenvalue weighted by atomic mass is 15.2. The Labute approximate surface area is 288 Å². The lowest BCUT2D eigenvalue weighted by Crippen LogP contribution is -2.32. The van der Waals surface area contributed by atoms with Gasteiger partial charge in [-0.25, -0.2) is 0 Å². The summed E-state index contributed by atoms with van der Waals surface area (Å²) in [6.45, 7) is 4.81. The third-order valence-corrected chi connectivity index (χ3v) is 10.5. The minimum atomic E-state index is -0.169. The lowest BCUT2D eigenvalue weighted by Gasteiger charge is -2.36. The molecule has 1 unspecified atom stereocenters. The van der Waals surface area contributed by atoms with Gasteiger partial charge in [0.05, 0.1) is 11.7 Å².